The van der Waals surface area contributed by atoms with Gasteiger partial charge >= 0.3 is 0 Å². The van der Waals surface area contributed by atoms with Crippen LogP contribution in [0.1, 0.15) is 35.3 Å². The summed E-state index contributed by atoms with van der Waals surface area (Å²) >= 11 is 0. The van der Waals surface area contributed by atoms with Gasteiger partial charge in [0.1, 0.15) is 11.6 Å². The van der Waals surface area contributed by atoms with Crippen molar-refractivity contribution in [2.45, 2.75) is 25.8 Å². The van der Waals surface area contributed by atoms with Gasteiger partial charge in [-0.2, -0.15) is 5.10 Å². The van der Waals surface area contributed by atoms with Crippen LogP contribution in [0, 0.1) is 5.82 Å². The summed E-state index contributed by atoms with van der Waals surface area (Å²) in [5.41, 5.74) is 3.51. The molecule has 2 aromatic carbocycles. The minimum Gasteiger partial charge on any atom is -0.496 e. The second kappa shape index (κ2) is 8.98. The second-order valence-corrected chi connectivity index (χ2v) is 7.37. The number of aromatic nitrogens is 2. The van der Waals surface area contributed by atoms with Gasteiger partial charge in [0.2, 0.25) is 0 Å². The maximum absolute atomic E-state index is 13.7. The number of methoxy groups -OCH3 is 1. The Morgan fingerprint density at radius 3 is 2.77 bits per heavy atom. The van der Waals surface area contributed by atoms with E-state index in [0.29, 0.717) is 28.3 Å². The molecule has 0 atom stereocenters. The van der Waals surface area contributed by atoms with Crippen LogP contribution in [0.2, 0.25) is 0 Å². The molecular weight excluding hydrogens is 383 g/mol. The van der Waals surface area contributed by atoms with Crippen molar-refractivity contribution in [1.82, 2.24) is 15.5 Å². The average molecular weight is 408 g/mol. The molecule has 7 heteroatoms. The Balaban J connectivity index is 1.47. The van der Waals surface area contributed by atoms with Gasteiger partial charge in [0.25, 0.3) is 5.91 Å². The number of piperidine rings is 1. The van der Waals surface area contributed by atoms with Crippen LogP contribution in [0.3, 0.4) is 0 Å². The predicted octanol–water partition coefficient (Wildman–Crippen LogP) is 4.14. The second-order valence-electron chi connectivity index (χ2n) is 7.37. The zero-order chi connectivity index (χ0) is 20.9. The molecule has 1 fully saturated rings. The van der Waals surface area contributed by atoms with Crippen LogP contribution < -0.4 is 15.0 Å². The number of halogens is 1. The van der Waals surface area contributed by atoms with Crippen LogP contribution in [0.15, 0.2) is 48.5 Å². The number of nitrogens with one attached hydrogen (secondary N) is 2. The van der Waals surface area contributed by atoms with Crippen molar-refractivity contribution in [3.63, 3.8) is 0 Å². The first-order chi connectivity index (χ1) is 14.7. The molecule has 1 saturated heterocycles. The summed E-state index contributed by atoms with van der Waals surface area (Å²) in [6.07, 6.45) is 3.54. The van der Waals surface area contributed by atoms with Gasteiger partial charge in [-0.1, -0.05) is 12.1 Å². The summed E-state index contributed by atoms with van der Waals surface area (Å²) in [6, 6.07) is 13.8. The quantitative estimate of drug-likeness (QED) is 0.643. The molecule has 156 valence electrons. The molecule has 3 aromatic rings. The number of amides is 1. The number of carbonyl (C=O) groups is 1. The third-order valence-electron chi connectivity index (χ3n) is 5.36. The summed E-state index contributed by atoms with van der Waals surface area (Å²) in [7, 11) is 1.54. The maximum atomic E-state index is 13.7. The Morgan fingerprint density at radius 1 is 1.17 bits per heavy atom. The molecule has 4 rings (SSSR count). The summed E-state index contributed by atoms with van der Waals surface area (Å²) in [6.45, 7) is 2.21. The van der Waals surface area contributed by atoms with Crippen LogP contribution in [0.4, 0.5) is 10.1 Å². The lowest BCUT2D eigenvalue weighted by Gasteiger charge is -2.30. The molecular formula is C23H25FN4O2. The first kappa shape index (κ1) is 19.9. The van der Waals surface area contributed by atoms with Gasteiger partial charge in [-0.3, -0.25) is 9.89 Å². The first-order valence-corrected chi connectivity index (χ1v) is 10.2. The minimum atomic E-state index is -0.357. The summed E-state index contributed by atoms with van der Waals surface area (Å²) in [5.74, 6) is 0.0553. The number of hydrogen-bond acceptors (Lipinski definition) is 4. The van der Waals surface area contributed by atoms with E-state index in [0.717, 1.165) is 31.6 Å². The van der Waals surface area contributed by atoms with Crippen LogP contribution >= 0.6 is 0 Å². The van der Waals surface area contributed by atoms with Crippen LogP contribution in [0.25, 0.3) is 11.3 Å². The van der Waals surface area contributed by atoms with Crippen molar-refractivity contribution in [2.24, 2.45) is 0 Å². The number of nitrogens with zero attached hydrogens (tertiary/aromatic N) is 2. The zero-order valence-electron chi connectivity index (χ0n) is 17.0. The number of carbonyl (C=O) groups excluding carboxylic acids is 1. The van der Waals surface area contributed by atoms with Crippen LogP contribution in [0.5, 0.6) is 5.75 Å². The van der Waals surface area contributed by atoms with E-state index in [2.05, 4.69) is 20.4 Å². The topological polar surface area (TPSA) is 70.2 Å². The van der Waals surface area contributed by atoms with Gasteiger partial charge in [0.15, 0.2) is 0 Å². The Bertz CT molecular complexity index is 1030. The molecule has 2 N–H and O–H groups in total. The highest BCUT2D eigenvalue weighted by molar-refractivity contribution is 5.99. The van der Waals surface area contributed by atoms with E-state index < -0.39 is 0 Å². The number of ether oxygens (including phenoxy) is 1. The van der Waals surface area contributed by atoms with Gasteiger partial charge in [0, 0.05) is 24.3 Å². The molecule has 1 aromatic heterocycles. The lowest BCUT2D eigenvalue weighted by atomic mass is 10.1. The van der Waals surface area contributed by atoms with Crippen molar-refractivity contribution in [3.8, 4) is 17.0 Å². The number of aromatic amines is 1. The van der Waals surface area contributed by atoms with Gasteiger partial charge in [-0.15, -0.1) is 0 Å². The monoisotopic (exact) mass is 408 g/mol. The van der Waals surface area contributed by atoms with E-state index >= 15 is 0 Å². The fourth-order valence-corrected chi connectivity index (χ4v) is 3.82. The molecule has 6 nitrogen and oxygen atoms in total. The summed E-state index contributed by atoms with van der Waals surface area (Å²) < 4.78 is 19.0. The van der Waals surface area contributed by atoms with Gasteiger partial charge in [-0.05, 0) is 55.7 Å². The number of H-pyrrole nitrogens is 1. The number of anilines is 1. The highest BCUT2D eigenvalue weighted by atomic mass is 19.1. The van der Waals surface area contributed by atoms with E-state index in [1.807, 2.05) is 24.3 Å². The Labute approximate surface area is 175 Å². The number of benzene rings is 2. The van der Waals surface area contributed by atoms with E-state index in [4.69, 9.17) is 4.74 Å². The standard InChI is InChI=1S/C23H25FN4O2/c1-30-22-10-9-16(24)13-19(22)20-14-17(26-27-20)15-25-23(29)18-7-3-4-8-21(18)28-11-5-2-6-12-28/h3-4,7-10,13-14H,2,5-6,11-12,15H2,1H3,(H,25,29)(H,26,27). The van der Waals surface area contributed by atoms with E-state index in [9.17, 15) is 9.18 Å². The minimum absolute atomic E-state index is 0.135. The third-order valence-corrected chi connectivity index (χ3v) is 5.36. The predicted molar refractivity (Wildman–Crippen MR) is 114 cm³/mol. The van der Waals surface area contributed by atoms with Crippen molar-refractivity contribution >= 4 is 11.6 Å². The van der Waals surface area contributed by atoms with Crippen LogP contribution in [-0.2, 0) is 6.54 Å². The molecule has 0 unspecified atom stereocenters. The summed E-state index contributed by atoms with van der Waals surface area (Å²) in [4.78, 5) is 15.1. The molecule has 2 heterocycles. The normalized spacial score (nSPS) is 13.9. The lowest BCUT2D eigenvalue weighted by Crippen LogP contribution is -2.32. The SMILES string of the molecule is COc1ccc(F)cc1-c1cc(CNC(=O)c2ccccc2N2CCCCC2)n[nH]1. The van der Waals surface area contributed by atoms with Crippen molar-refractivity contribution < 1.29 is 13.9 Å². The smallest absolute Gasteiger partial charge is 0.253 e. The third kappa shape index (κ3) is 4.30. The van der Waals surface area contributed by atoms with Crippen molar-refractivity contribution in [2.75, 3.05) is 25.1 Å². The average Bonchev–Trinajstić information content (AvgIpc) is 3.27. The largest absolute Gasteiger partial charge is 0.496 e. The van der Waals surface area contributed by atoms with E-state index in [1.165, 1.54) is 25.7 Å². The first-order valence-electron chi connectivity index (χ1n) is 10.2. The van der Waals surface area contributed by atoms with Crippen molar-refractivity contribution in [1.29, 1.82) is 0 Å². The number of rotatable bonds is 6. The molecule has 0 radical (unpaired) electrons. The zero-order valence-corrected chi connectivity index (χ0v) is 17.0. The Morgan fingerprint density at radius 2 is 1.97 bits per heavy atom. The highest BCUT2D eigenvalue weighted by Crippen LogP contribution is 2.29. The van der Waals surface area contributed by atoms with Crippen molar-refractivity contribution in [3.05, 3.63) is 65.6 Å². The van der Waals surface area contributed by atoms with E-state index in [-0.39, 0.29) is 18.3 Å². The molecule has 0 spiro atoms. The fraction of sp³-hybridized carbons (Fsp3) is 0.304. The van der Waals surface area contributed by atoms with Gasteiger partial charge < -0.3 is 15.0 Å². The Kier molecular flexibility index (Phi) is 5.97. The molecule has 0 aliphatic carbocycles. The fourth-order valence-electron chi connectivity index (χ4n) is 3.82. The van der Waals surface area contributed by atoms with Crippen LogP contribution in [-0.4, -0.2) is 36.3 Å². The Hall–Kier alpha value is -3.35. The maximum Gasteiger partial charge on any atom is 0.253 e. The number of para-hydroxylation sites is 1. The van der Waals surface area contributed by atoms with E-state index in [1.54, 1.807) is 12.1 Å². The number of hydrogen-bond donors (Lipinski definition) is 2. The molecule has 30 heavy (non-hydrogen) atoms. The molecule has 0 bridgehead atoms. The molecule has 1 aliphatic heterocycles. The van der Waals surface area contributed by atoms with Gasteiger partial charge in [-0.25, -0.2) is 4.39 Å². The highest BCUT2D eigenvalue weighted by Gasteiger charge is 2.18. The molecule has 1 aliphatic rings. The molecule has 1 amide bonds. The lowest BCUT2D eigenvalue weighted by molar-refractivity contribution is 0.0951. The van der Waals surface area contributed by atoms with Gasteiger partial charge in [0.05, 0.1) is 30.6 Å². The summed E-state index contributed by atoms with van der Waals surface area (Å²) in [5, 5.41) is 10.1. The molecule has 0 saturated carbocycles.